The SMILES string of the molecule is C/C(=C/Cl)COc1ccc2ccccc2c1/C=C/C(=O)O. The van der Waals surface area contributed by atoms with Crippen molar-refractivity contribution in [3.63, 3.8) is 0 Å². The number of carboxylic acids is 1. The van der Waals surface area contributed by atoms with E-state index in [-0.39, 0.29) is 0 Å². The van der Waals surface area contributed by atoms with E-state index in [2.05, 4.69) is 0 Å². The van der Waals surface area contributed by atoms with E-state index in [4.69, 9.17) is 21.4 Å². The molecular formula is C17H15ClO3. The molecule has 0 aliphatic heterocycles. The average Bonchev–Trinajstić information content (AvgIpc) is 2.50. The van der Waals surface area contributed by atoms with Crippen LogP contribution in [0.3, 0.4) is 0 Å². The minimum atomic E-state index is -0.995. The van der Waals surface area contributed by atoms with E-state index in [1.807, 2.05) is 43.3 Å². The van der Waals surface area contributed by atoms with Crippen molar-refractivity contribution in [1.82, 2.24) is 0 Å². The fourth-order valence-corrected chi connectivity index (χ4v) is 2.01. The number of carboxylic acid groups (broad SMARTS) is 1. The summed E-state index contributed by atoms with van der Waals surface area (Å²) in [5.74, 6) is -0.366. The first kappa shape index (κ1) is 15.1. The molecule has 3 nitrogen and oxygen atoms in total. The van der Waals surface area contributed by atoms with E-state index in [9.17, 15) is 4.79 Å². The van der Waals surface area contributed by atoms with Gasteiger partial charge in [-0.25, -0.2) is 4.79 Å². The van der Waals surface area contributed by atoms with Gasteiger partial charge in [-0.3, -0.25) is 0 Å². The molecule has 0 atom stereocenters. The van der Waals surface area contributed by atoms with Crippen LogP contribution in [0.4, 0.5) is 0 Å². The van der Waals surface area contributed by atoms with Gasteiger partial charge in [0.05, 0.1) is 0 Å². The maximum atomic E-state index is 10.8. The van der Waals surface area contributed by atoms with Gasteiger partial charge in [-0.2, -0.15) is 0 Å². The van der Waals surface area contributed by atoms with Gasteiger partial charge in [0, 0.05) is 17.2 Å². The van der Waals surface area contributed by atoms with Crippen molar-refractivity contribution < 1.29 is 14.6 Å². The lowest BCUT2D eigenvalue weighted by molar-refractivity contribution is -0.131. The van der Waals surface area contributed by atoms with Crippen LogP contribution in [-0.4, -0.2) is 17.7 Å². The molecule has 1 N–H and O–H groups in total. The number of hydrogen-bond acceptors (Lipinski definition) is 2. The lowest BCUT2D eigenvalue weighted by atomic mass is 10.0. The Morgan fingerprint density at radius 3 is 2.76 bits per heavy atom. The Balaban J connectivity index is 2.48. The van der Waals surface area contributed by atoms with Crippen molar-refractivity contribution in [2.75, 3.05) is 6.61 Å². The second kappa shape index (κ2) is 6.95. The molecule has 21 heavy (non-hydrogen) atoms. The fourth-order valence-electron chi connectivity index (χ4n) is 1.95. The van der Waals surface area contributed by atoms with Crippen molar-refractivity contribution in [2.45, 2.75) is 6.92 Å². The highest BCUT2D eigenvalue weighted by Crippen LogP contribution is 2.29. The van der Waals surface area contributed by atoms with Gasteiger partial charge < -0.3 is 9.84 Å². The Morgan fingerprint density at radius 1 is 1.29 bits per heavy atom. The fraction of sp³-hybridized carbons (Fsp3) is 0.118. The summed E-state index contributed by atoms with van der Waals surface area (Å²) in [5, 5.41) is 10.8. The summed E-state index contributed by atoms with van der Waals surface area (Å²) in [6.07, 6.45) is 2.67. The smallest absolute Gasteiger partial charge is 0.328 e. The van der Waals surface area contributed by atoms with E-state index >= 15 is 0 Å². The summed E-state index contributed by atoms with van der Waals surface area (Å²) < 4.78 is 5.73. The minimum absolute atomic E-state index is 0.357. The molecule has 2 rings (SSSR count). The van der Waals surface area contributed by atoms with Gasteiger partial charge >= 0.3 is 5.97 Å². The van der Waals surface area contributed by atoms with Crippen LogP contribution in [-0.2, 0) is 4.79 Å². The number of benzene rings is 2. The zero-order valence-corrected chi connectivity index (χ0v) is 12.3. The van der Waals surface area contributed by atoms with Crippen LogP contribution in [0.2, 0.25) is 0 Å². The van der Waals surface area contributed by atoms with Crippen LogP contribution in [0, 0.1) is 0 Å². The molecule has 0 saturated carbocycles. The number of ether oxygens (including phenoxy) is 1. The number of hydrogen-bond donors (Lipinski definition) is 1. The molecule has 0 aliphatic rings. The first-order chi connectivity index (χ1) is 10.1. The van der Waals surface area contributed by atoms with E-state index in [0.29, 0.717) is 12.4 Å². The molecule has 4 heteroatoms. The van der Waals surface area contributed by atoms with Gasteiger partial charge in [-0.05, 0) is 35.4 Å². The Hall–Kier alpha value is -2.26. The lowest BCUT2D eigenvalue weighted by Gasteiger charge is -2.12. The number of rotatable bonds is 5. The maximum absolute atomic E-state index is 10.8. The quantitative estimate of drug-likeness (QED) is 0.830. The summed E-state index contributed by atoms with van der Waals surface area (Å²) in [4.78, 5) is 10.8. The van der Waals surface area contributed by atoms with Crippen molar-refractivity contribution in [2.24, 2.45) is 0 Å². The van der Waals surface area contributed by atoms with Gasteiger partial charge in [0.15, 0.2) is 0 Å². The Kier molecular flexibility index (Phi) is 5.01. The largest absolute Gasteiger partial charge is 0.489 e. The molecule has 0 radical (unpaired) electrons. The third-order valence-electron chi connectivity index (χ3n) is 2.96. The van der Waals surface area contributed by atoms with Crippen molar-refractivity contribution in [3.8, 4) is 5.75 Å². The average molecular weight is 303 g/mol. The standard InChI is InChI=1S/C17H15ClO3/c1-12(10-18)11-21-16-8-6-13-4-2-3-5-14(13)15(16)7-9-17(19)20/h2-10H,11H2,1H3,(H,19,20)/b9-7+,12-10-. The van der Waals surface area contributed by atoms with Gasteiger partial charge in [0.1, 0.15) is 12.4 Å². The molecule has 0 amide bonds. The number of carbonyl (C=O) groups is 1. The summed E-state index contributed by atoms with van der Waals surface area (Å²) in [6, 6.07) is 11.5. The van der Waals surface area contributed by atoms with Gasteiger partial charge in [-0.1, -0.05) is 41.9 Å². The van der Waals surface area contributed by atoms with E-state index in [0.717, 1.165) is 28.0 Å². The number of aliphatic carboxylic acids is 1. The summed E-state index contributed by atoms with van der Waals surface area (Å²) >= 11 is 5.62. The van der Waals surface area contributed by atoms with E-state index in [1.54, 1.807) is 6.08 Å². The van der Waals surface area contributed by atoms with Crippen molar-refractivity contribution in [3.05, 3.63) is 59.1 Å². The highest BCUT2D eigenvalue weighted by molar-refractivity contribution is 6.25. The lowest BCUT2D eigenvalue weighted by Crippen LogP contribution is -2.00. The van der Waals surface area contributed by atoms with Crippen LogP contribution >= 0.6 is 11.6 Å². The highest BCUT2D eigenvalue weighted by Gasteiger charge is 2.07. The molecule has 0 saturated heterocycles. The third-order valence-corrected chi connectivity index (χ3v) is 3.34. The zero-order valence-electron chi connectivity index (χ0n) is 11.5. The van der Waals surface area contributed by atoms with Crippen LogP contribution < -0.4 is 4.74 Å². The molecule has 2 aromatic carbocycles. The monoisotopic (exact) mass is 302 g/mol. The first-order valence-corrected chi connectivity index (χ1v) is 6.87. The van der Waals surface area contributed by atoms with Crippen LogP contribution in [0.5, 0.6) is 5.75 Å². The Morgan fingerprint density at radius 2 is 2.05 bits per heavy atom. The summed E-state index contributed by atoms with van der Waals surface area (Å²) in [5.41, 5.74) is 3.10. The Bertz CT molecular complexity index is 717. The molecule has 0 spiro atoms. The second-order valence-corrected chi connectivity index (χ2v) is 4.83. The summed E-state index contributed by atoms with van der Waals surface area (Å²) in [7, 11) is 0. The van der Waals surface area contributed by atoms with Gasteiger partial charge in [-0.15, -0.1) is 0 Å². The normalized spacial score (nSPS) is 12.0. The topological polar surface area (TPSA) is 46.5 Å². The first-order valence-electron chi connectivity index (χ1n) is 6.43. The predicted octanol–water partition coefficient (Wildman–Crippen LogP) is 4.46. The van der Waals surface area contributed by atoms with Gasteiger partial charge in [0.2, 0.25) is 0 Å². The second-order valence-electron chi connectivity index (χ2n) is 4.61. The van der Waals surface area contributed by atoms with E-state index in [1.165, 1.54) is 5.54 Å². The van der Waals surface area contributed by atoms with Gasteiger partial charge in [0.25, 0.3) is 0 Å². The van der Waals surface area contributed by atoms with Crippen LogP contribution in [0.15, 0.2) is 53.6 Å². The molecule has 0 aliphatic carbocycles. The van der Waals surface area contributed by atoms with Crippen molar-refractivity contribution in [1.29, 1.82) is 0 Å². The number of fused-ring (bicyclic) bond motifs is 1. The van der Waals surface area contributed by atoms with Crippen molar-refractivity contribution >= 4 is 34.4 Å². The minimum Gasteiger partial charge on any atom is -0.489 e. The predicted molar refractivity (Wildman–Crippen MR) is 85.7 cm³/mol. The van der Waals surface area contributed by atoms with E-state index < -0.39 is 5.97 Å². The highest BCUT2D eigenvalue weighted by atomic mass is 35.5. The molecule has 0 unspecified atom stereocenters. The number of halogens is 1. The molecule has 2 aromatic rings. The third kappa shape index (κ3) is 3.86. The Labute approximate surface area is 128 Å². The molecule has 0 heterocycles. The maximum Gasteiger partial charge on any atom is 0.328 e. The van der Waals surface area contributed by atoms with Crippen LogP contribution in [0.25, 0.3) is 16.8 Å². The molecule has 0 fully saturated rings. The van der Waals surface area contributed by atoms with Crippen LogP contribution in [0.1, 0.15) is 12.5 Å². The zero-order chi connectivity index (χ0) is 15.2. The summed E-state index contributed by atoms with van der Waals surface area (Å²) in [6.45, 7) is 2.22. The molecular weight excluding hydrogens is 288 g/mol. The molecule has 108 valence electrons. The molecule has 0 aromatic heterocycles. The molecule has 0 bridgehead atoms.